The van der Waals surface area contributed by atoms with E-state index in [0.29, 0.717) is 29.2 Å². The SMILES string of the molecule is COc1ccc(C(=O)C[C@]2(O)C(=O)N(CN3CCCCC3)c3ccccc32)cc1. The molecule has 0 unspecified atom stereocenters. The molecule has 29 heavy (non-hydrogen) atoms. The van der Waals surface area contributed by atoms with Crippen LogP contribution in [0.15, 0.2) is 48.5 Å². The fourth-order valence-corrected chi connectivity index (χ4v) is 4.23. The minimum Gasteiger partial charge on any atom is -0.497 e. The lowest BCUT2D eigenvalue weighted by atomic mass is 9.88. The van der Waals surface area contributed by atoms with Crippen molar-refractivity contribution in [1.29, 1.82) is 0 Å². The fourth-order valence-electron chi connectivity index (χ4n) is 4.23. The van der Waals surface area contributed by atoms with Gasteiger partial charge in [0.25, 0.3) is 5.91 Å². The van der Waals surface area contributed by atoms with Gasteiger partial charge in [0.1, 0.15) is 5.75 Å². The van der Waals surface area contributed by atoms with Gasteiger partial charge in [-0.1, -0.05) is 24.6 Å². The lowest BCUT2D eigenvalue weighted by Gasteiger charge is -2.31. The van der Waals surface area contributed by atoms with Gasteiger partial charge in [0.05, 0.1) is 25.9 Å². The van der Waals surface area contributed by atoms with E-state index in [1.807, 2.05) is 12.1 Å². The highest BCUT2D eigenvalue weighted by atomic mass is 16.5. The van der Waals surface area contributed by atoms with Gasteiger partial charge >= 0.3 is 0 Å². The molecule has 2 heterocycles. The van der Waals surface area contributed by atoms with Crippen LogP contribution in [-0.4, -0.2) is 48.6 Å². The summed E-state index contributed by atoms with van der Waals surface area (Å²) >= 11 is 0. The standard InChI is InChI=1S/C23H26N2O4/c1-29-18-11-9-17(10-12-18)21(26)15-23(28)19-7-3-4-8-20(19)25(22(23)27)16-24-13-5-2-6-14-24/h3-4,7-12,28H,2,5-6,13-16H2,1H3/t23-/m1/s1. The molecule has 1 saturated heterocycles. The van der Waals surface area contributed by atoms with E-state index in [0.717, 1.165) is 25.9 Å². The number of ketones is 1. The molecule has 6 nitrogen and oxygen atoms in total. The molecule has 4 rings (SSSR count). The lowest BCUT2D eigenvalue weighted by molar-refractivity contribution is -0.136. The van der Waals surface area contributed by atoms with Gasteiger partial charge < -0.3 is 9.84 Å². The van der Waals surface area contributed by atoms with Gasteiger partial charge in [-0.05, 0) is 56.3 Å². The number of benzene rings is 2. The maximum Gasteiger partial charge on any atom is 0.265 e. The summed E-state index contributed by atoms with van der Waals surface area (Å²) in [6, 6.07) is 13.9. The van der Waals surface area contributed by atoms with E-state index < -0.39 is 11.5 Å². The number of hydrogen-bond donors (Lipinski definition) is 1. The number of hydrogen-bond acceptors (Lipinski definition) is 5. The zero-order valence-electron chi connectivity index (χ0n) is 16.6. The average Bonchev–Trinajstić information content (AvgIpc) is 2.96. The van der Waals surface area contributed by atoms with Crippen LogP contribution in [0.4, 0.5) is 5.69 Å². The predicted octanol–water partition coefficient (Wildman–Crippen LogP) is 2.95. The van der Waals surface area contributed by atoms with E-state index in [4.69, 9.17) is 4.74 Å². The third-order valence-corrected chi connectivity index (χ3v) is 5.86. The zero-order chi connectivity index (χ0) is 20.4. The largest absolute Gasteiger partial charge is 0.497 e. The molecule has 1 fully saturated rings. The van der Waals surface area contributed by atoms with Crippen LogP contribution in [0.2, 0.25) is 0 Å². The molecule has 1 atom stereocenters. The summed E-state index contributed by atoms with van der Waals surface area (Å²) in [5.74, 6) is -0.0560. The number of para-hydroxylation sites is 1. The first kappa shape index (κ1) is 19.6. The van der Waals surface area contributed by atoms with Crippen molar-refractivity contribution >= 4 is 17.4 Å². The Morgan fingerprint density at radius 3 is 2.45 bits per heavy atom. The van der Waals surface area contributed by atoms with E-state index in [1.54, 1.807) is 48.4 Å². The molecule has 1 N–H and O–H groups in total. The van der Waals surface area contributed by atoms with Crippen LogP contribution in [0.5, 0.6) is 5.75 Å². The third kappa shape index (κ3) is 3.66. The monoisotopic (exact) mass is 394 g/mol. The van der Waals surface area contributed by atoms with Crippen LogP contribution in [0, 0.1) is 0 Å². The maximum atomic E-state index is 13.3. The number of Topliss-reactive ketones (excluding diaryl/α,β-unsaturated/α-hetero) is 1. The van der Waals surface area contributed by atoms with E-state index >= 15 is 0 Å². The normalized spacial score (nSPS) is 21.9. The third-order valence-electron chi connectivity index (χ3n) is 5.86. The summed E-state index contributed by atoms with van der Waals surface area (Å²) in [5, 5.41) is 11.4. The highest BCUT2D eigenvalue weighted by molar-refractivity contribution is 6.10. The Morgan fingerprint density at radius 1 is 1.07 bits per heavy atom. The summed E-state index contributed by atoms with van der Waals surface area (Å²) in [4.78, 5) is 30.0. The Hall–Kier alpha value is -2.70. The number of fused-ring (bicyclic) bond motifs is 1. The fraction of sp³-hybridized carbons (Fsp3) is 0.391. The Bertz CT molecular complexity index is 905. The number of aliphatic hydroxyl groups is 1. The molecule has 0 spiro atoms. The van der Waals surface area contributed by atoms with E-state index in [-0.39, 0.29) is 12.2 Å². The quantitative estimate of drug-likeness (QED) is 0.763. The average molecular weight is 394 g/mol. The van der Waals surface area contributed by atoms with Gasteiger partial charge in [0.2, 0.25) is 0 Å². The minimum atomic E-state index is -1.84. The van der Waals surface area contributed by atoms with Crippen LogP contribution in [0.1, 0.15) is 41.6 Å². The molecule has 0 bridgehead atoms. The van der Waals surface area contributed by atoms with Crippen LogP contribution in [-0.2, 0) is 10.4 Å². The van der Waals surface area contributed by atoms with Gasteiger partial charge in [-0.3, -0.25) is 19.4 Å². The molecule has 1 amide bonds. The summed E-state index contributed by atoms with van der Waals surface area (Å²) in [7, 11) is 1.56. The van der Waals surface area contributed by atoms with Crippen LogP contribution < -0.4 is 9.64 Å². The second kappa shape index (κ2) is 7.97. The summed E-state index contributed by atoms with van der Waals surface area (Å²) in [6.07, 6.45) is 3.15. The number of anilines is 1. The van der Waals surface area contributed by atoms with E-state index in [9.17, 15) is 14.7 Å². The molecule has 0 aliphatic carbocycles. The molecule has 2 aromatic rings. The number of piperidine rings is 1. The Morgan fingerprint density at radius 2 is 1.76 bits per heavy atom. The number of carbonyl (C=O) groups is 2. The molecule has 0 radical (unpaired) electrons. The molecular weight excluding hydrogens is 368 g/mol. The number of amides is 1. The second-order valence-electron chi connectivity index (χ2n) is 7.76. The highest BCUT2D eigenvalue weighted by Gasteiger charge is 2.51. The van der Waals surface area contributed by atoms with Crippen molar-refractivity contribution in [1.82, 2.24) is 4.90 Å². The summed E-state index contributed by atoms with van der Waals surface area (Å²) in [5.41, 5.74) is -0.209. The number of rotatable bonds is 6. The van der Waals surface area contributed by atoms with E-state index in [2.05, 4.69) is 4.90 Å². The van der Waals surface area contributed by atoms with Gasteiger partial charge in [0.15, 0.2) is 11.4 Å². The number of likely N-dealkylation sites (tertiary alicyclic amines) is 1. The Labute approximate surface area is 170 Å². The molecule has 2 aromatic carbocycles. The molecular formula is C23H26N2O4. The molecule has 152 valence electrons. The number of methoxy groups -OCH3 is 1. The molecule has 0 saturated carbocycles. The molecule has 2 aliphatic rings. The topological polar surface area (TPSA) is 70.1 Å². The highest BCUT2D eigenvalue weighted by Crippen LogP contribution is 2.43. The Kier molecular flexibility index (Phi) is 5.39. The van der Waals surface area contributed by atoms with Gasteiger partial charge in [-0.25, -0.2) is 0 Å². The number of carbonyl (C=O) groups excluding carboxylic acids is 2. The van der Waals surface area contributed by atoms with Crippen molar-refractivity contribution in [3.05, 3.63) is 59.7 Å². The van der Waals surface area contributed by atoms with Crippen LogP contribution in [0.25, 0.3) is 0 Å². The number of ether oxygens (including phenoxy) is 1. The van der Waals surface area contributed by atoms with Crippen molar-refractivity contribution < 1.29 is 19.4 Å². The first-order valence-electron chi connectivity index (χ1n) is 10.1. The summed E-state index contributed by atoms with van der Waals surface area (Å²) in [6.45, 7) is 2.32. The van der Waals surface area contributed by atoms with Gasteiger partial charge in [-0.15, -0.1) is 0 Å². The van der Waals surface area contributed by atoms with E-state index in [1.165, 1.54) is 6.42 Å². The molecule has 0 aromatic heterocycles. The van der Waals surface area contributed by atoms with Gasteiger partial charge in [0, 0.05) is 11.1 Å². The lowest BCUT2D eigenvalue weighted by Crippen LogP contribution is -2.47. The van der Waals surface area contributed by atoms with Crippen molar-refractivity contribution in [2.75, 3.05) is 31.8 Å². The van der Waals surface area contributed by atoms with Gasteiger partial charge in [-0.2, -0.15) is 0 Å². The molecule has 2 aliphatic heterocycles. The minimum absolute atomic E-state index is 0.280. The Balaban J connectivity index is 1.59. The maximum absolute atomic E-state index is 13.3. The first-order valence-corrected chi connectivity index (χ1v) is 10.1. The van der Waals surface area contributed by atoms with Crippen LogP contribution in [0.3, 0.4) is 0 Å². The number of nitrogens with zero attached hydrogens (tertiary/aromatic N) is 2. The van der Waals surface area contributed by atoms with Crippen molar-refractivity contribution in [3.63, 3.8) is 0 Å². The van der Waals surface area contributed by atoms with Crippen molar-refractivity contribution in [2.24, 2.45) is 0 Å². The van der Waals surface area contributed by atoms with Crippen molar-refractivity contribution in [2.45, 2.75) is 31.3 Å². The second-order valence-corrected chi connectivity index (χ2v) is 7.76. The van der Waals surface area contributed by atoms with Crippen LogP contribution >= 0.6 is 0 Å². The summed E-state index contributed by atoms with van der Waals surface area (Å²) < 4.78 is 5.13. The smallest absolute Gasteiger partial charge is 0.265 e. The molecule has 6 heteroatoms. The van der Waals surface area contributed by atoms with Crippen molar-refractivity contribution in [3.8, 4) is 5.75 Å². The zero-order valence-corrected chi connectivity index (χ0v) is 16.6. The first-order chi connectivity index (χ1) is 14.0. The predicted molar refractivity (Wildman–Crippen MR) is 110 cm³/mol.